The zero-order valence-corrected chi connectivity index (χ0v) is 14.1. The predicted octanol–water partition coefficient (Wildman–Crippen LogP) is 4.34. The Morgan fingerprint density at radius 1 is 1.28 bits per heavy atom. The molecule has 1 amide bonds. The van der Waals surface area contributed by atoms with Crippen molar-refractivity contribution in [3.8, 4) is 11.5 Å². The third-order valence-corrected chi connectivity index (χ3v) is 3.00. The molecule has 1 N–H and O–H groups in total. The molecule has 0 aliphatic heterocycles. The number of carbonyl (C=O) groups is 1. The molecule has 0 bridgehead atoms. The Balaban J connectivity index is 2.08. The highest BCUT2D eigenvalue weighted by atomic mass is 19.4. The van der Waals surface area contributed by atoms with Gasteiger partial charge >= 0.3 is 12.3 Å². The van der Waals surface area contributed by atoms with Crippen molar-refractivity contribution in [2.45, 2.75) is 45.5 Å². The monoisotopic (exact) mass is 357 g/mol. The van der Waals surface area contributed by atoms with Gasteiger partial charge in [0.2, 0.25) is 5.89 Å². The van der Waals surface area contributed by atoms with Gasteiger partial charge in [-0.1, -0.05) is 0 Å². The summed E-state index contributed by atoms with van der Waals surface area (Å²) >= 11 is 0. The average Bonchev–Trinajstić information content (AvgIpc) is 2.94. The fourth-order valence-corrected chi connectivity index (χ4v) is 1.86. The molecule has 0 aliphatic carbocycles. The van der Waals surface area contributed by atoms with Crippen LogP contribution in [0, 0.1) is 0 Å². The molecule has 2 rings (SSSR count). The van der Waals surface area contributed by atoms with Crippen LogP contribution < -0.4 is 5.32 Å². The van der Waals surface area contributed by atoms with Crippen LogP contribution in [0.3, 0.4) is 0 Å². The maximum absolute atomic E-state index is 12.5. The van der Waals surface area contributed by atoms with E-state index in [4.69, 9.17) is 9.15 Å². The molecule has 2 heterocycles. The minimum Gasteiger partial charge on any atom is -0.444 e. The summed E-state index contributed by atoms with van der Waals surface area (Å²) in [6.07, 6.45) is -2.77. The van der Waals surface area contributed by atoms with Gasteiger partial charge in [0.05, 0.1) is 11.6 Å². The summed E-state index contributed by atoms with van der Waals surface area (Å²) in [6, 6.07) is 1.56. The molecule has 1 atom stereocenters. The number of alkyl carbamates (subject to hydrolysis) is 1. The van der Waals surface area contributed by atoms with Crippen LogP contribution in [0.4, 0.5) is 18.0 Å². The van der Waals surface area contributed by atoms with Gasteiger partial charge in [-0.2, -0.15) is 13.2 Å². The van der Waals surface area contributed by atoms with E-state index in [0.29, 0.717) is 11.3 Å². The molecule has 9 heteroatoms. The number of pyridine rings is 1. The van der Waals surface area contributed by atoms with Gasteiger partial charge in [-0.05, 0) is 39.8 Å². The number of amides is 1. The van der Waals surface area contributed by atoms with Crippen molar-refractivity contribution >= 4 is 6.09 Å². The second-order valence-electron chi connectivity index (χ2n) is 6.38. The average molecular weight is 357 g/mol. The molecule has 0 radical (unpaired) electrons. The summed E-state index contributed by atoms with van der Waals surface area (Å²) in [4.78, 5) is 19.3. The Labute approximate surface area is 142 Å². The number of rotatable bonds is 3. The van der Waals surface area contributed by atoms with Gasteiger partial charge in [-0.15, -0.1) is 0 Å². The van der Waals surface area contributed by atoms with Crippen LogP contribution in [-0.4, -0.2) is 21.7 Å². The molecule has 25 heavy (non-hydrogen) atoms. The highest BCUT2D eigenvalue weighted by Gasteiger charge is 2.32. The lowest BCUT2D eigenvalue weighted by atomic mass is 10.2. The first-order valence-electron chi connectivity index (χ1n) is 7.44. The molecule has 136 valence electrons. The molecule has 0 fully saturated rings. The predicted molar refractivity (Wildman–Crippen MR) is 82.5 cm³/mol. The number of hydrogen-bond acceptors (Lipinski definition) is 5. The Hall–Kier alpha value is -2.58. The van der Waals surface area contributed by atoms with Gasteiger partial charge < -0.3 is 14.5 Å². The second-order valence-corrected chi connectivity index (χ2v) is 6.38. The highest BCUT2D eigenvalue weighted by molar-refractivity contribution is 5.68. The Morgan fingerprint density at radius 2 is 1.96 bits per heavy atom. The van der Waals surface area contributed by atoms with E-state index >= 15 is 0 Å². The molecule has 0 saturated carbocycles. The summed E-state index contributed by atoms with van der Waals surface area (Å²) in [6.45, 7) is 6.89. The number of alkyl halides is 3. The summed E-state index contributed by atoms with van der Waals surface area (Å²) in [5.41, 5.74) is -0.933. The van der Waals surface area contributed by atoms with E-state index in [9.17, 15) is 18.0 Å². The summed E-state index contributed by atoms with van der Waals surface area (Å²) in [7, 11) is 0. The number of hydrogen-bond donors (Lipinski definition) is 1. The zero-order chi connectivity index (χ0) is 18.8. The SMILES string of the molecule is CC(NC(=O)OC(C)(C)C)c1coc(-c2ccc(C(F)(F)F)nc2)n1. The zero-order valence-electron chi connectivity index (χ0n) is 14.1. The van der Waals surface area contributed by atoms with Crippen molar-refractivity contribution in [1.82, 2.24) is 15.3 Å². The van der Waals surface area contributed by atoms with Gasteiger partial charge in [-0.3, -0.25) is 4.98 Å². The molecule has 2 aromatic heterocycles. The molecule has 2 aromatic rings. The van der Waals surface area contributed by atoms with E-state index in [2.05, 4.69) is 15.3 Å². The van der Waals surface area contributed by atoms with Crippen molar-refractivity contribution in [2.24, 2.45) is 0 Å². The van der Waals surface area contributed by atoms with Crippen molar-refractivity contribution in [2.75, 3.05) is 0 Å². The molecule has 1 unspecified atom stereocenters. The largest absolute Gasteiger partial charge is 0.444 e. The minimum absolute atomic E-state index is 0.106. The topological polar surface area (TPSA) is 77.2 Å². The number of aromatic nitrogens is 2. The lowest BCUT2D eigenvalue weighted by molar-refractivity contribution is -0.141. The maximum atomic E-state index is 12.5. The smallest absolute Gasteiger partial charge is 0.433 e. The van der Waals surface area contributed by atoms with Gasteiger partial charge in [-0.25, -0.2) is 9.78 Å². The summed E-state index contributed by atoms with van der Waals surface area (Å²) in [5.74, 6) is 0.106. The molecule has 0 saturated heterocycles. The number of nitrogens with one attached hydrogen (secondary N) is 1. The van der Waals surface area contributed by atoms with Crippen LogP contribution >= 0.6 is 0 Å². The van der Waals surface area contributed by atoms with Gasteiger partial charge in [0.25, 0.3) is 0 Å². The lowest BCUT2D eigenvalue weighted by Gasteiger charge is -2.21. The normalized spacial score (nSPS) is 13.4. The van der Waals surface area contributed by atoms with E-state index in [1.165, 1.54) is 12.3 Å². The van der Waals surface area contributed by atoms with Crippen LogP contribution in [0.25, 0.3) is 11.5 Å². The van der Waals surface area contributed by atoms with Gasteiger partial charge in [0.1, 0.15) is 23.3 Å². The molecule has 0 aromatic carbocycles. The van der Waals surface area contributed by atoms with E-state index in [-0.39, 0.29) is 5.89 Å². The number of oxazole rings is 1. The maximum Gasteiger partial charge on any atom is 0.433 e. The standard InChI is InChI=1S/C16H18F3N3O3/c1-9(21-14(23)25-15(2,3)4)11-8-24-13(22-11)10-5-6-12(20-7-10)16(17,18)19/h5-9H,1-4H3,(H,21,23). The summed E-state index contributed by atoms with van der Waals surface area (Å²) in [5, 5.41) is 2.60. The van der Waals surface area contributed by atoms with Crippen molar-refractivity contribution < 1.29 is 27.1 Å². The molecule has 6 nitrogen and oxygen atoms in total. The summed E-state index contributed by atoms with van der Waals surface area (Å²) < 4.78 is 47.9. The van der Waals surface area contributed by atoms with E-state index in [1.807, 2.05) is 0 Å². The molecular weight excluding hydrogens is 339 g/mol. The van der Waals surface area contributed by atoms with E-state index < -0.39 is 29.6 Å². The molecular formula is C16H18F3N3O3. The fraction of sp³-hybridized carbons (Fsp3) is 0.438. The fourth-order valence-electron chi connectivity index (χ4n) is 1.86. The third-order valence-electron chi connectivity index (χ3n) is 3.00. The van der Waals surface area contributed by atoms with Crippen molar-refractivity contribution in [3.05, 3.63) is 36.0 Å². The van der Waals surface area contributed by atoms with E-state index in [1.54, 1.807) is 27.7 Å². The first kappa shape index (κ1) is 18.8. The van der Waals surface area contributed by atoms with Crippen LogP contribution in [0.5, 0.6) is 0 Å². The molecule has 0 aliphatic rings. The minimum atomic E-state index is -4.51. The quantitative estimate of drug-likeness (QED) is 0.884. The van der Waals surface area contributed by atoms with Gasteiger partial charge in [0.15, 0.2) is 0 Å². The van der Waals surface area contributed by atoms with Crippen molar-refractivity contribution in [1.29, 1.82) is 0 Å². The molecule has 0 spiro atoms. The van der Waals surface area contributed by atoms with Crippen molar-refractivity contribution in [3.63, 3.8) is 0 Å². The first-order valence-corrected chi connectivity index (χ1v) is 7.44. The second kappa shape index (κ2) is 6.73. The van der Waals surface area contributed by atoms with Crippen LogP contribution in [0.1, 0.15) is 45.1 Å². The van der Waals surface area contributed by atoms with Gasteiger partial charge in [0, 0.05) is 6.20 Å². The number of nitrogens with zero attached hydrogens (tertiary/aromatic N) is 2. The first-order chi connectivity index (χ1) is 11.5. The Morgan fingerprint density at radius 3 is 2.48 bits per heavy atom. The van der Waals surface area contributed by atoms with Crippen LogP contribution in [0.15, 0.2) is 29.0 Å². The van der Waals surface area contributed by atoms with Crippen LogP contribution in [-0.2, 0) is 10.9 Å². The third kappa shape index (κ3) is 5.20. The lowest BCUT2D eigenvalue weighted by Crippen LogP contribution is -2.34. The highest BCUT2D eigenvalue weighted by Crippen LogP contribution is 2.29. The Kier molecular flexibility index (Phi) is 5.05. The van der Waals surface area contributed by atoms with E-state index in [0.717, 1.165) is 12.3 Å². The Bertz CT molecular complexity index is 734. The number of carbonyl (C=O) groups excluding carboxylic acids is 1. The van der Waals surface area contributed by atoms with Crippen LogP contribution in [0.2, 0.25) is 0 Å². The number of halogens is 3. The number of ether oxygens (including phenoxy) is 1.